The van der Waals surface area contributed by atoms with Crippen LogP contribution in [0, 0.1) is 0 Å². The second kappa shape index (κ2) is 9.23. The van der Waals surface area contributed by atoms with E-state index < -0.39 is 0 Å². The van der Waals surface area contributed by atoms with Crippen LogP contribution in [0.3, 0.4) is 0 Å². The van der Waals surface area contributed by atoms with E-state index in [1.54, 1.807) is 33.5 Å². The molecule has 146 valence electrons. The molecular formula is C21H22N2O4S. The van der Waals surface area contributed by atoms with Crippen LogP contribution in [-0.2, 0) is 17.8 Å². The van der Waals surface area contributed by atoms with E-state index in [2.05, 4.69) is 4.99 Å². The Labute approximate surface area is 167 Å². The predicted octanol–water partition coefficient (Wildman–Crippen LogP) is 3.29. The van der Waals surface area contributed by atoms with Crippen LogP contribution in [-0.4, -0.2) is 31.8 Å². The fourth-order valence-corrected chi connectivity index (χ4v) is 3.59. The summed E-state index contributed by atoms with van der Waals surface area (Å²) in [6, 6.07) is 13.6. The topological polar surface area (TPSA) is 62.0 Å². The molecule has 28 heavy (non-hydrogen) atoms. The monoisotopic (exact) mass is 398 g/mol. The van der Waals surface area contributed by atoms with Gasteiger partial charge < -0.3 is 18.8 Å². The lowest BCUT2D eigenvalue weighted by Crippen LogP contribution is -2.17. The standard InChI is InChI=1S/C21H22N2O4S/c1-25-17-11-16(12-18(26-2)20(17)27-3)13-19(24)22-21-23(9-10-28-21)14-15-7-5-4-6-8-15/h4-12H,13-14H2,1-3H3. The molecule has 1 aromatic heterocycles. The van der Waals surface area contributed by atoms with Crippen LogP contribution >= 0.6 is 11.3 Å². The van der Waals surface area contributed by atoms with E-state index in [1.807, 2.05) is 46.5 Å². The molecule has 7 heteroatoms. The highest BCUT2D eigenvalue weighted by Gasteiger charge is 2.15. The number of hydrogen-bond acceptors (Lipinski definition) is 5. The minimum absolute atomic E-state index is 0.139. The highest BCUT2D eigenvalue weighted by Crippen LogP contribution is 2.38. The summed E-state index contributed by atoms with van der Waals surface area (Å²) in [7, 11) is 4.64. The van der Waals surface area contributed by atoms with Crippen molar-refractivity contribution in [3.05, 3.63) is 70.0 Å². The fraction of sp³-hybridized carbons (Fsp3) is 0.238. The summed E-state index contributed by atoms with van der Waals surface area (Å²) < 4.78 is 18.0. The molecule has 3 aromatic rings. The maximum atomic E-state index is 12.6. The van der Waals surface area contributed by atoms with Gasteiger partial charge in [-0.15, -0.1) is 11.3 Å². The molecule has 0 radical (unpaired) electrons. The molecular weight excluding hydrogens is 376 g/mol. The minimum Gasteiger partial charge on any atom is -0.493 e. The molecule has 0 aliphatic carbocycles. The molecule has 0 aliphatic rings. The molecule has 0 N–H and O–H groups in total. The van der Waals surface area contributed by atoms with Gasteiger partial charge in [-0.2, -0.15) is 4.99 Å². The van der Waals surface area contributed by atoms with E-state index in [0.29, 0.717) is 28.6 Å². The summed E-state index contributed by atoms with van der Waals surface area (Å²) in [5.41, 5.74) is 1.90. The van der Waals surface area contributed by atoms with Gasteiger partial charge in [-0.3, -0.25) is 4.79 Å². The van der Waals surface area contributed by atoms with E-state index in [0.717, 1.165) is 11.1 Å². The van der Waals surface area contributed by atoms with Gasteiger partial charge in [0, 0.05) is 18.1 Å². The number of thiazole rings is 1. The zero-order valence-electron chi connectivity index (χ0n) is 16.0. The molecule has 3 rings (SSSR count). The first-order valence-corrected chi connectivity index (χ1v) is 9.57. The quantitative estimate of drug-likeness (QED) is 0.613. The summed E-state index contributed by atoms with van der Waals surface area (Å²) in [5, 5.41) is 1.93. The van der Waals surface area contributed by atoms with Crippen LogP contribution in [0.1, 0.15) is 11.1 Å². The number of rotatable bonds is 7. The van der Waals surface area contributed by atoms with Crippen LogP contribution in [0.25, 0.3) is 0 Å². The smallest absolute Gasteiger partial charge is 0.252 e. The molecule has 0 aliphatic heterocycles. The Morgan fingerprint density at radius 2 is 1.68 bits per heavy atom. The molecule has 0 fully saturated rings. The summed E-state index contributed by atoms with van der Waals surface area (Å²) in [5.74, 6) is 1.29. The Kier molecular flexibility index (Phi) is 6.49. The molecule has 0 spiro atoms. The van der Waals surface area contributed by atoms with Crippen molar-refractivity contribution in [2.75, 3.05) is 21.3 Å². The molecule has 1 amide bonds. The zero-order chi connectivity index (χ0) is 19.9. The minimum atomic E-state index is -0.237. The molecule has 1 heterocycles. The lowest BCUT2D eigenvalue weighted by molar-refractivity contribution is -0.117. The SMILES string of the molecule is COc1cc(CC(=O)N=c2sccn2Cc2ccccc2)cc(OC)c1OC. The van der Waals surface area contributed by atoms with Gasteiger partial charge in [0.1, 0.15) is 0 Å². The third-order valence-corrected chi connectivity index (χ3v) is 4.95. The summed E-state index contributed by atoms with van der Waals surface area (Å²) in [4.78, 5) is 17.5. The van der Waals surface area contributed by atoms with Gasteiger partial charge in [-0.05, 0) is 23.3 Å². The van der Waals surface area contributed by atoms with Crippen molar-refractivity contribution < 1.29 is 19.0 Å². The average molecular weight is 398 g/mol. The number of methoxy groups -OCH3 is 3. The number of carbonyl (C=O) groups excluding carboxylic acids is 1. The van der Waals surface area contributed by atoms with Gasteiger partial charge in [0.2, 0.25) is 5.75 Å². The van der Waals surface area contributed by atoms with Gasteiger partial charge in [-0.25, -0.2) is 0 Å². The van der Waals surface area contributed by atoms with Crippen LogP contribution in [0.5, 0.6) is 17.2 Å². The molecule has 0 saturated heterocycles. The van der Waals surface area contributed by atoms with Crippen LogP contribution in [0.2, 0.25) is 0 Å². The Morgan fingerprint density at radius 1 is 1.00 bits per heavy atom. The second-order valence-electron chi connectivity index (χ2n) is 6.01. The van der Waals surface area contributed by atoms with Crippen molar-refractivity contribution in [3.8, 4) is 17.2 Å². The fourth-order valence-electron chi connectivity index (χ4n) is 2.85. The van der Waals surface area contributed by atoms with Crippen LogP contribution < -0.4 is 19.0 Å². The molecule has 0 bridgehead atoms. The summed E-state index contributed by atoms with van der Waals surface area (Å²) in [6.07, 6.45) is 2.07. The normalized spacial score (nSPS) is 11.3. The Bertz CT molecular complexity index is 983. The maximum Gasteiger partial charge on any atom is 0.252 e. The van der Waals surface area contributed by atoms with E-state index in [1.165, 1.54) is 11.3 Å². The van der Waals surface area contributed by atoms with Gasteiger partial charge in [0.25, 0.3) is 5.91 Å². The van der Waals surface area contributed by atoms with E-state index >= 15 is 0 Å². The van der Waals surface area contributed by atoms with Crippen molar-refractivity contribution in [1.29, 1.82) is 0 Å². The summed E-state index contributed by atoms with van der Waals surface area (Å²) in [6.45, 7) is 0.667. The lowest BCUT2D eigenvalue weighted by Gasteiger charge is -2.13. The average Bonchev–Trinajstić information content (AvgIpc) is 3.14. The van der Waals surface area contributed by atoms with Crippen molar-refractivity contribution in [1.82, 2.24) is 4.57 Å². The van der Waals surface area contributed by atoms with E-state index in [-0.39, 0.29) is 12.3 Å². The number of amides is 1. The highest BCUT2D eigenvalue weighted by atomic mass is 32.1. The lowest BCUT2D eigenvalue weighted by atomic mass is 10.1. The number of ether oxygens (including phenoxy) is 3. The molecule has 0 atom stereocenters. The van der Waals surface area contributed by atoms with Gasteiger partial charge in [0.15, 0.2) is 16.3 Å². The Morgan fingerprint density at radius 3 is 2.29 bits per heavy atom. The number of carbonyl (C=O) groups is 1. The molecule has 0 unspecified atom stereocenters. The molecule has 2 aromatic carbocycles. The van der Waals surface area contributed by atoms with Crippen molar-refractivity contribution >= 4 is 17.2 Å². The highest BCUT2D eigenvalue weighted by molar-refractivity contribution is 7.07. The second-order valence-corrected chi connectivity index (χ2v) is 6.89. The number of hydrogen-bond donors (Lipinski definition) is 0. The van der Waals surface area contributed by atoms with Gasteiger partial charge >= 0.3 is 0 Å². The van der Waals surface area contributed by atoms with Crippen LogP contribution in [0.4, 0.5) is 0 Å². The maximum absolute atomic E-state index is 12.6. The first-order chi connectivity index (χ1) is 13.6. The zero-order valence-corrected chi connectivity index (χ0v) is 16.9. The predicted molar refractivity (Wildman–Crippen MR) is 108 cm³/mol. The van der Waals surface area contributed by atoms with E-state index in [4.69, 9.17) is 14.2 Å². The number of nitrogens with zero attached hydrogens (tertiary/aromatic N) is 2. The Hall–Kier alpha value is -3.06. The number of benzene rings is 2. The Balaban J connectivity index is 1.82. The third kappa shape index (κ3) is 4.61. The molecule has 6 nitrogen and oxygen atoms in total. The van der Waals surface area contributed by atoms with Crippen molar-refractivity contribution in [2.24, 2.45) is 4.99 Å². The van der Waals surface area contributed by atoms with Crippen molar-refractivity contribution in [2.45, 2.75) is 13.0 Å². The van der Waals surface area contributed by atoms with Gasteiger partial charge in [0.05, 0.1) is 27.8 Å². The number of aromatic nitrogens is 1. The van der Waals surface area contributed by atoms with E-state index in [9.17, 15) is 4.79 Å². The first kappa shape index (κ1) is 19.7. The molecule has 0 saturated carbocycles. The van der Waals surface area contributed by atoms with Crippen LogP contribution in [0.15, 0.2) is 59.0 Å². The third-order valence-electron chi connectivity index (χ3n) is 4.16. The van der Waals surface area contributed by atoms with Gasteiger partial charge in [-0.1, -0.05) is 30.3 Å². The van der Waals surface area contributed by atoms with Crippen molar-refractivity contribution in [3.63, 3.8) is 0 Å². The first-order valence-electron chi connectivity index (χ1n) is 8.69. The largest absolute Gasteiger partial charge is 0.493 e. The summed E-state index contributed by atoms with van der Waals surface area (Å²) >= 11 is 1.44.